The third-order valence-electron chi connectivity index (χ3n) is 3.98. The molecule has 0 unspecified atom stereocenters. The van der Waals surface area contributed by atoms with Gasteiger partial charge in [-0.15, -0.1) is 0 Å². The highest BCUT2D eigenvalue weighted by Crippen LogP contribution is 2.16. The van der Waals surface area contributed by atoms with Crippen LogP contribution >= 0.6 is 15.9 Å². The molecule has 0 aliphatic heterocycles. The molecule has 0 radical (unpaired) electrons. The molecule has 25 heavy (non-hydrogen) atoms. The lowest BCUT2D eigenvalue weighted by molar-refractivity contribution is 0.105. The van der Waals surface area contributed by atoms with E-state index < -0.39 is 0 Å². The third-order valence-corrected chi connectivity index (χ3v) is 4.67. The Hall–Kier alpha value is -1.07. The van der Waals surface area contributed by atoms with Crippen LogP contribution in [-0.2, 0) is 0 Å². The molecular weight excluding hydrogens is 372 g/mol. The molecule has 1 nitrogen and oxygen atoms in total. The van der Waals surface area contributed by atoms with Crippen LogP contribution < -0.4 is 0 Å². The van der Waals surface area contributed by atoms with Gasteiger partial charge in [0.05, 0.1) is 0 Å². The second-order valence-electron chi connectivity index (χ2n) is 6.04. The van der Waals surface area contributed by atoms with E-state index in [2.05, 4.69) is 34.7 Å². The predicted octanol–water partition coefficient (Wildman–Crippen LogP) is 7.97. The average Bonchev–Trinajstić information content (AvgIpc) is 2.64. The van der Waals surface area contributed by atoms with E-state index in [9.17, 15) is 4.79 Å². The number of carbonyl (C=O) groups is 1. The lowest BCUT2D eigenvalue weighted by Gasteiger charge is -2.00. The van der Waals surface area contributed by atoms with Crippen molar-refractivity contribution < 1.29 is 4.79 Å². The first kappa shape index (κ1) is 23.9. The highest BCUT2D eigenvalue weighted by Gasteiger charge is 2.05. The molecular formula is C23H35BrO. The fourth-order valence-corrected chi connectivity index (χ4v) is 3.02. The number of carbonyl (C=O) groups excluding carboxylic acids is 1. The van der Waals surface area contributed by atoms with E-state index in [1.807, 2.05) is 38.1 Å². The Balaban J connectivity index is 0.00000277. The molecule has 0 aliphatic carbocycles. The summed E-state index contributed by atoms with van der Waals surface area (Å²) in [6.07, 6.45) is 14.1. The number of hydrogen-bond acceptors (Lipinski definition) is 1. The van der Waals surface area contributed by atoms with Crippen molar-refractivity contribution in [3.05, 3.63) is 34.3 Å². The minimum Gasteiger partial charge on any atom is -0.279 e. The van der Waals surface area contributed by atoms with E-state index in [1.165, 1.54) is 57.8 Å². The SMILES string of the molecule is CC.CCCCCCCCCCCCC#CC(=O)c1ccccc1Br. The summed E-state index contributed by atoms with van der Waals surface area (Å²) in [5.41, 5.74) is 0.656. The number of rotatable bonds is 11. The normalized spacial score (nSPS) is 9.60. The lowest BCUT2D eigenvalue weighted by atomic mass is 10.1. The number of benzene rings is 1. The maximum atomic E-state index is 11.9. The van der Waals surface area contributed by atoms with E-state index in [4.69, 9.17) is 0 Å². The van der Waals surface area contributed by atoms with Crippen molar-refractivity contribution in [2.45, 2.75) is 91.4 Å². The van der Waals surface area contributed by atoms with Crippen molar-refractivity contribution in [3.8, 4) is 11.8 Å². The molecule has 1 aromatic rings. The number of ketones is 1. The summed E-state index contributed by atoms with van der Waals surface area (Å²) in [7, 11) is 0. The molecule has 1 rings (SSSR count). The van der Waals surface area contributed by atoms with E-state index in [0.29, 0.717) is 5.56 Å². The van der Waals surface area contributed by atoms with Crippen molar-refractivity contribution in [1.29, 1.82) is 0 Å². The first-order chi connectivity index (χ1) is 12.3. The average molecular weight is 407 g/mol. The third kappa shape index (κ3) is 12.9. The molecule has 0 amide bonds. The van der Waals surface area contributed by atoms with Gasteiger partial charge in [0.25, 0.3) is 0 Å². The summed E-state index contributed by atoms with van der Waals surface area (Å²) in [4.78, 5) is 11.9. The number of unbranched alkanes of at least 4 members (excludes halogenated alkanes) is 10. The maximum absolute atomic E-state index is 11.9. The standard InChI is InChI=1S/C21H29BrO.C2H6/c1-2-3-4-5-6-7-8-9-10-11-12-13-18-21(23)19-16-14-15-17-20(19)22;1-2/h14-17H,2-12H2,1H3;1-2H3. The van der Waals surface area contributed by atoms with Gasteiger partial charge in [-0.05, 0) is 24.5 Å². The Labute approximate surface area is 164 Å². The summed E-state index contributed by atoms with van der Waals surface area (Å²) in [6.45, 7) is 6.26. The van der Waals surface area contributed by atoms with Gasteiger partial charge in [-0.2, -0.15) is 0 Å². The van der Waals surface area contributed by atoms with E-state index in [0.717, 1.165) is 17.3 Å². The molecule has 0 N–H and O–H groups in total. The summed E-state index contributed by atoms with van der Waals surface area (Å²) in [6, 6.07) is 7.44. The molecule has 0 aromatic heterocycles. The smallest absolute Gasteiger partial charge is 0.237 e. The Morgan fingerprint density at radius 3 is 1.96 bits per heavy atom. The first-order valence-corrected chi connectivity index (χ1v) is 10.8. The van der Waals surface area contributed by atoms with Crippen molar-refractivity contribution in [2.24, 2.45) is 0 Å². The number of hydrogen-bond donors (Lipinski definition) is 0. The molecule has 0 saturated carbocycles. The van der Waals surface area contributed by atoms with Crippen LogP contribution in [0.5, 0.6) is 0 Å². The molecule has 2 heteroatoms. The minimum atomic E-state index is -0.0930. The Bertz CT molecular complexity index is 510. The zero-order valence-corrected chi connectivity index (χ0v) is 18.0. The Kier molecular flexibility index (Phi) is 17.0. The van der Waals surface area contributed by atoms with Gasteiger partial charge in [0.1, 0.15) is 0 Å². The van der Waals surface area contributed by atoms with E-state index in [-0.39, 0.29) is 5.78 Å². The second-order valence-corrected chi connectivity index (χ2v) is 6.90. The summed E-state index contributed by atoms with van der Waals surface area (Å²) >= 11 is 3.39. The summed E-state index contributed by atoms with van der Waals surface area (Å²) < 4.78 is 0.818. The molecule has 0 bridgehead atoms. The van der Waals surface area contributed by atoms with Crippen LogP contribution in [0.3, 0.4) is 0 Å². The molecule has 0 heterocycles. The molecule has 1 aromatic carbocycles. The van der Waals surface area contributed by atoms with Crippen LogP contribution in [0, 0.1) is 11.8 Å². The molecule has 140 valence electrons. The van der Waals surface area contributed by atoms with E-state index >= 15 is 0 Å². The van der Waals surface area contributed by atoms with Crippen molar-refractivity contribution in [1.82, 2.24) is 0 Å². The summed E-state index contributed by atoms with van der Waals surface area (Å²) in [5.74, 6) is 5.67. The van der Waals surface area contributed by atoms with Crippen LogP contribution in [0.2, 0.25) is 0 Å². The van der Waals surface area contributed by atoms with Crippen LogP contribution in [-0.4, -0.2) is 5.78 Å². The van der Waals surface area contributed by atoms with Gasteiger partial charge in [-0.3, -0.25) is 4.79 Å². The van der Waals surface area contributed by atoms with Gasteiger partial charge < -0.3 is 0 Å². The van der Waals surface area contributed by atoms with Crippen molar-refractivity contribution in [2.75, 3.05) is 0 Å². The van der Waals surface area contributed by atoms with Crippen molar-refractivity contribution in [3.63, 3.8) is 0 Å². The number of halogens is 1. The van der Waals surface area contributed by atoms with Crippen LogP contribution in [0.25, 0.3) is 0 Å². The zero-order chi connectivity index (χ0) is 18.8. The molecule has 0 spiro atoms. The summed E-state index contributed by atoms with van der Waals surface area (Å²) in [5, 5.41) is 0. The molecule has 0 aliphatic rings. The topological polar surface area (TPSA) is 17.1 Å². The molecule has 0 atom stereocenters. The highest BCUT2D eigenvalue weighted by molar-refractivity contribution is 9.10. The predicted molar refractivity (Wildman–Crippen MR) is 114 cm³/mol. The van der Waals surface area contributed by atoms with Gasteiger partial charge in [0.2, 0.25) is 5.78 Å². The van der Waals surface area contributed by atoms with Crippen LogP contribution in [0.1, 0.15) is 102 Å². The number of Topliss-reactive ketones (excluding diaryl/α,β-unsaturated/α-hetero) is 1. The largest absolute Gasteiger partial charge is 0.279 e. The van der Waals surface area contributed by atoms with Gasteiger partial charge in [0, 0.05) is 16.5 Å². The zero-order valence-electron chi connectivity index (χ0n) is 16.4. The highest BCUT2D eigenvalue weighted by atomic mass is 79.9. The first-order valence-electron chi connectivity index (χ1n) is 10.0. The molecule has 0 fully saturated rings. The maximum Gasteiger partial charge on any atom is 0.237 e. The lowest BCUT2D eigenvalue weighted by Crippen LogP contribution is -1.95. The fourth-order valence-electron chi connectivity index (χ4n) is 2.56. The fraction of sp³-hybridized carbons (Fsp3) is 0.609. The van der Waals surface area contributed by atoms with Gasteiger partial charge in [0.15, 0.2) is 0 Å². The minimum absolute atomic E-state index is 0.0930. The van der Waals surface area contributed by atoms with Gasteiger partial charge in [-0.1, -0.05) is 113 Å². The van der Waals surface area contributed by atoms with Gasteiger partial charge in [-0.25, -0.2) is 0 Å². The molecule has 0 saturated heterocycles. The Morgan fingerprint density at radius 2 is 1.40 bits per heavy atom. The van der Waals surface area contributed by atoms with Gasteiger partial charge >= 0.3 is 0 Å². The quantitative estimate of drug-likeness (QED) is 0.157. The van der Waals surface area contributed by atoms with Crippen molar-refractivity contribution >= 4 is 21.7 Å². The van der Waals surface area contributed by atoms with Crippen LogP contribution in [0.15, 0.2) is 28.7 Å². The Morgan fingerprint density at radius 1 is 0.880 bits per heavy atom. The monoisotopic (exact) mass is 406 g/mol. The second kappa shape index (κ2) is 17.7. The van der Waals surface area contributed by atoms with E-state index in [1.54, 1.807) is 0 Å². The van der Waals surface area contributed by atoms with Crippen LogP contribution in [0.4, 0.5) is 0 Å².